The highest BCUT2D eigenvalue weighted by Gasteiger charge is 2.40. The van der Waals surface area contributed by atoms with Crippen LogP contribution in [-0.2, 0) is 26.2 Å². The first-order chi connectivity index (χ1) is 16.6. The van der Waals surface area contributed by atoms with E-state index in [9.17, 15) is 19.6 Å². The average Bonchev–Trinajstić information content (AvgIpc) is 3.51. The molecule has 3 rings (SSSR count). The van der Waals surface area contributed by atoms with Crippen molar-refractivity contribution in [3.63, 3.8) is 0 Å². The molecule has 1 aliphatic heterocycles. The summed E-state index contributed by atoms with van der Waals surface area (Å²) in [5, 5.41) is 45.9. The molecule has 1 atom stereocenters. The van der Waals surface area contributed by atoms with Gasteiger partial charge in [-0.1, -0.05) is 36.4 Å². The van der Waals surface area contributed by atoms with Gasteiger partial charge in [-0.2, -0.15) is 5.26 Å². The first-order valence-corrected chi connectivity index (χ1v) is 12.1. The number of rotatable bonds is 11. The van der Waals surface area contributed by atoms with E-state index in [-0.39, 0.29) is 0 Å². The second-order valence-corrected chi connectivity index (χ2v) is 9.56. The van der Waals surface area contributed by atoms with Crippen molar-refractivity contribution in [1.29, 1.82) is 5.26 Å². The van der Waals surface area contributed by atoms with Gasteiger partial charge in [0.1, 0.15) is 0 Å². The zero-order valence-corrected chi connectivity index (χ0v) is 20.1. The Morgan fingerprint density at radius 3 is 2.03 bits per heavy atom. The van der Waals surface area contributed by atoms with E-state index in [1.807, 2.05) is 6.07 Å². The second kappa shape index (κ2) is 13.0. The molecule has 0 amide bonds. The zero-order valence-electron chi connectivity index (χ0n) is 19.3. The number of thiophene rings is 1. The molecule has 188 valence electrons. The Morgan fingerprint density at radius 1 is 0.971 bits per heavy atom. The van der Waals surface area contributed by atoms with E-state index in [0.29, 0.717) is 0 Å². The van der Waals surface area contributed by atoms with E-state index in [2.05, 4.69) is 52.7 Å². The Kier molecular flexibility index (Phi) is 10.4. The lowest BCUT2D eigenvalue weighted by molar-refractivity contribution is -0.170. The van der Waals surface area contributed by atoms with Gasteiger partial charge < -0.3 is 25.3 Å². The van der Waals surface area contributed by atoms with Crippen molar-refractivity contribution in [2.24, 2.45) is 0 Å². The summed E-state index contributed by atoms with van der Waals surface area (Å²) in [6.45, 7) is 3.41. The largest absolute Gasteiger partial charge is 0.481 e. The highest BCUT2D eigenvalue weighted by molar-refractivity contribution is 7.10. The number of carbonyl (C=O) groups is 3. The van der Waals surface area contributed by atoms with E-state index >= 15 is 0 Å². The minimum absolute atomic E-state index is 0.391. The van der Waals surface area contributed by atoms with Crippen LogP contribution in [0.4, 0.5) is 0 Å². The lowest BCUT2D eigenvalue weighted by Gasteiger charge is -2.28. The Hall–Kier alpha value is -3.26. The number of benzene rings is 1. The molecule has 35 heavy (non-hydrogen) atoms. The molecule has 2 aromatic rings. The summed E-state index contributed by atoms with van der Waals surface area (Å²) in [6, 6.07) is 17.3. The summed E-state index contributed by atoms with van der Waals surface area (Å²) < 4.78 is 0. The van der Waals surface area contributed by atoms with Crippen molar-refractivity contribution in [3.05, 3.63) is 58.3 Å². The summed E-state index contributed by atoms with van der Waals surface area (Å²) >= 11 is 1.72. The fraction of sp³-hybridized carbons (Fsp3) is 0.440. The summed E-state index contributed by atoms with van der Waals surface area (Å²) in [5.74, 6) is -5.02. The van der Waals surface area contributed by atoms with Crippen LogP contribution in [-0.4, -0.2) is 68.5 Å². The molecule has 0 radical (unpaired) electrons. The van der Waals surface area contributed by atoms with Crippen molar-refractivity contribution < 1.29 is 34.8 Å². The first kappa shape index (κ1) is 28.0. The van der Waals surface area contributed by atoms with E-state index in [1.165, 1.54) is 36.4 Å². The Morgan fingerprint density at radius 2 is 1.57 bits per heavy atom. The highest BCUT2D eigenvalue weighted by atomic mass is 32.1. The molecule has 0 saturated carbocycles. The van der Waals surface area contributed by atoms with Crippen LogP contribution in [0.3, 0.4) is 0 Å². The van der Waals surface area contributed by atoms with Crippen molar-refractivity contribution in [3.8, 4) is 6.07 Å². The van der Waals surface area contributed by atoms with Crippen LogP contribution in [0.1, 0.15) is 42.5 Å². The van der Waals surface area contributed by atoms with Gasteiger partial charge in [0.15, 0.2) is 5.60 Å². The minimum atomic E-state index is -2.74. The van der Waals surface area contributed by atoms with Crippen molar-refractivity contribution in [1.82, 2.24) is 4.90 Å². The highest BCUT2D eigenvalue weighted by Crippen LogP contribution is 2.35. The number of hydrogen-bond donors (Lipinski definition) is 4. The summed E-state index contributed by atoms with van der Waals surface area (Å²) in [4.78, 5) is 34.2. The molecule has 0 spiro atoms. The Labute approximate surface area is 207 Å². The van der Waals surface area contributed by atoms with Gasteiger partial charge in [-0.15, -0.1) is 11.3 Å². The predicted octanol–water partition coefficient (Wildman–Crippen LogP) is 2.99. The summed E-state index contributed by atoms with van der Waals surface area (Å²) in [6.07, 6.45) is 2.04. The maximum Gasteiger partial charge on any atom is 0.336 e. The van der Waals surface area contributed by atoms with Gasteiger partial charge in [0, 0.05) is 11.4 Å². The van der Waals surface area contributed by atoms with Gasteiger partial charge in [-0.25, -0.2) is 4.79 Å². The molecule has 0 bridgehead atoms. The number of aliphatic hydroxyl groups is 1. The van der Waals surface area contributed by atoms with E-state index in [1.54, 1.807) is 11.3 Å². The number of likely N-dealkylation sites (tertiary alicyclic amines) is 1. The minimum Gasteiger partial charge on any atom is -0.481 e. The van der Waals surface area contributed by atoms with Crippen LogP contribution >= 0.6 is 11.3 Å². The topological polar surface area (TPSA) is 159 Å². The van der Waals surface area contributed by atoms with E-state index in [4.69, 9.17) is 20.4 Å². The number of carboxylic acids is 3. The van der Waals surface area contributed by atoms with E-state index < -0.39 is 41.8 Å². The standard InChI is InChI=1S/C19H22N2S.C6H8O7/c20-16-19(18-9-6-14-22-18,10-13-21-11-4-5-12-21)15-17-7-2-1-3-8-17;7-3(8)1-6(13,5(11)12)2-4(9)10/h1-3,6-9,14H,4-5,10-13,15H2;13H,1-2H2,(H,7,8)(H,9,10)(H,11,12). The lowest BCUT2D eigenvalue weighted by Crippen LogP contribution is -2.42. The van der Waals surface area contributed by atoms with Crippen LogP contribution in [0.15, 0.2) is 47.8 Å². The van der Waals surface area contributed by atoms with Gasteiger partial charge in [0.25, 0.3) is 0 Å². The maximum absolute atomic E-state index is 10.3. The number of nitrogens with zero attached hydrogens (tertiary/aromatic N) is 2. The monoisotopic (exact) mass is 502 g/mol. The molecule has 9 nitrogen and oxygen atoms in total. The molecule has 1 fully saturated rings. The maximum atomic E-state index is 10.3. The Balaban J connectivity index is 0.000000287. The molecule has 1 aromatic heterocycles. The molecule has 10 heteroatoms. The number of hydrogen-bond acceptors (Lipinski definition) is 7. The van der Waals surface area contributed by atoms with Crippen LogP contribution < -0.4 is 0 Å². The smallest absolute Gasteiger partial charge is 0.336 e. The quantitative estimate of drug-likeness (QED) is 0.362. The zero-order chi connectivity index (χ0) is 25.9. The van der Waals surface area contributed by atoms with Crippen LogP contribution in [0.25, 0.3) is 0 Å². The third-order valence-electron chi connectivity index (χ3n) is 5.89. The third kappa shape index (κ3) is 8.47. The normalized spacial score (nSPS) is 15.3. The molecular formula is C25H30N2O7S. The van der Waals surface area contributed by atoms with Crippen molar-refractivity contribution in [2.45, 2.75) is 49.5 Å². The average molecular weight is 503 g/mol. The van der Waals surface area contributed by atoms with Gasteiger partial charge in [-0.3, -0.25) is 9.59 Å². The predicted molar refractivity (Wildman–Crippen MR) is 129 cm³/mol. The van der Waals surface area contributed by atoms with Crippen molar-refractivity contribution in [2.75, 3.05) is 19.6 Å². The SMILES string of the molecule is N#CC(CCN1CCCC1)(Cc1ccccc1)c1cccs1.O=C(O)CC(O)(CC(=O)O)C(=O)O. The molecule has 1 saturated heterocycles. The molecule has 2 heterocycles. The molecular weight excluding hydrogens is 472 g/mol. The molecule has 1 aliphatic rings. The second-order valence-electron chi connectivity index (χ2n) is 8.61. The molecule has 0 aliphatic carbocycles. The number of carboxylic acid groups (broad SMARTS) is 3. The van der Waals surface area contributed by atoms with Gasteiger partial charge in [0.05, 0.1) is 24.3 Å². The fourth-order valence-electron chi connectivity index (χ4n) is 4.01. The first-order valence-electron chi connectivity index (χ1n) is 11.2. The lowest BCUT2D eigenvalue weighted by atomic mass is 9.78. The van der Waals surface area contributed by atoms with Crippen molar-refractivity contribution >= 4 is 29.2 Å². The number of nitriles is 1. The molecule has 1 unspecified atom stereocenters. The van der Waals surface area contributed by atoms with E-state index in [0.717, 1.165) is 19.4 Å². The third-order valence-corrected chi connectivity index (χ3v) is 6.97. The number of aliphatic carboxylic acids is 3. The fourth-order valence-corrected chi connectivity index (χ4v) is 4.92. The van der Waals surface area contributed by atoms with Gasteiger partial charge in [-0.05, 0) is 55.8 Å². The molecule has 4 N–H and O–H groups in total. The van der Waals surface area contributed by atoms with Crippen LogP contribution in [0.2, 0.25) is 0 Å². The molecule has 1 aromatic carbocycles. The summed E-state index contributed by atoms with van der Waals surface area (Å²) in [5.41, 5.74) is -1.88. The van der Waals surface area contributed by atoms with Crippen LogP contribution in [0, 0.1) is 11.3 Å². The van der Waals surface area contributed by atoms with Gasteiger partial charge in [0.2, 0.25) is 0 Å². The van der Waals surface area contributed by atoms with Gasteiger partial charge >= 0.3 is 17.9 Å². The van der Waals surface area contributed by atoms with Crippen LogP contribution in [0.5, 0.6) is 0 Å². The Bertz CT molecular complexity index is 998. The summed E-state index contributed by atoms with van der Waals surface area (Å²) in [7, 11) is 0.